The number of benzene rings is 1. The molecule has 2 rings (SSSR count). The van der Waals surface area contributed by atoms with Gasteiger partial charge >= 0.3 is 5.97 Å². The Labute approximate surface area is 131 Å². The predicted octanol–water partition coefficient (Wildman–Crippen LogP) is 1.09. The quantitative estimate of drug-likeness (QED) is 0.876. The maximum atomic E-state index is 11.9. The van der Waals surface area contributed by atoms with Gasteiger partial charge in [0.05, 0.1) is 5.75 Å². The predicted molar refractivity (Wildman–Crippen MR) is 84.2 cm³/mol. The Morgan fingerprint density at radius 1 is 1.18 bits per heavy atom. The SMILES string of the molecule is CCS(=O)(=O)N1CCN(C(C(=O)O)c2ccc(C)cc2)CC1. The van der Waals surface area contributed by atoms with Crippen molar-refractivity contribution in [3.8, 4) is 0 Å². The number of hydrogen-bond acceptors (Lipinski definition) is 4. The molecule has 1 atom stereocenters. The monoisotopic (exact) mass is 326 g/mol. The largest absolute Gasteiger partial charge is 0.480 e. The smallest absolute Gasteiger partial charge is 0.325 e. The van der Waals surface area contributed by atoms with Crippen molar-refractivity contribution in [2.75, 3.05) is 31.9 Å². The summed E-state index contributed by atoms with van der Waals surface area (Å²) in [6.07, 6.45) is 0. The van der Waals surface area contributed by atoms with E-state index in [9.17, 15) is 18.3 Å². The highest BCUT2D eigenvalue weighted by Gasteiger charge is 2.33. The summed E-state index contributed by atoms with van der Waals surface area (Å²) >= 11 is 0. The van der Waals surface area contributed by atoms with Crippen molar-refractivity contribution in [1.82, 2.24) is 9.21 Å². The lowest BCUT2D eigenvalue weighted by atomic mass is 10.0. The number of hydrogen-bond donors (Lipinski definition) is 1. The molecule has 1 heterocycles. The number of piperazine rings is 1. The normalized spacial score (nSPS) is 19.0. The molecule has 6 nitrogen and oxygen atoms in total. The number of aliphatic carboxylic acids is 1. The van der Waals surface area contributed by atoms with Gasteiger partial charge < -0.3 is 5.11 Å². The van der Waals surface area contributed by atoms with Gasteiger partial charge in [-0.05, 0) is 19.4 Å². The van der Waals surface area contributed by atoms with Crippen LogP contribution in [-0.2, 0) is 14.8 Å². The fourth-order valence-electron chi connectivity index (χ4n) is 2.68. The average Bonchev–Trinajstić information content (AvgIpc) is 2.50. The lowest BCUT2D eigenvalue weighted by molar-refractivity contribution is -0.144. The van der Waals surface area contributed by atoms with Gasteiger partial charge in [-0.15, -0.1) is 0 Å². The van der Waals surface area contributed by atoms with Gasteiger partial charge in [0.1, 0.15) is 6.04 Å². The molecule has 1 aliphatic rings. The second-order valence-corrected chi connectivity index (χ2v) is 7.74. The summed E-state index contributed by atoms with van der Waals surface area (Å²) in [7, 11) is -3.20. The molecular weight excluding hydrogens is 304 g/mol. The molecule has 0 aliphatic carbocycles. The summed E-state index contributed by atoms with van der Waals surface area (Å²) in [5.41, 5.74) is 1.80. The number of rotatable bonds is 5. The molecule has 1 aromatic rings. The summed E-state index contributed by atoms with van der Waals surface area (Å²) < 4.78 is 25.2. The molecule has 0 bridgehead atoms. The molecule has 0 amide bonds. The van der Waals surface area contributed by atoms with E-state index in [-0.39, 0.29) is 5.75 Å². The van der Waals surface area contributed by atoms with Crippen LogP contribution in [0.1, 0.15) is 24.1 Å². The van der Waals surface area contributed by atoms with Crippen LogP contribution < -0.4 is 0 Å². The van der Waals surface area contributed by atoms with Crippen molar-refractivity contribution in [2.45, 2.75) is 19.9 Å². The van der Waals surface area contributed by atoms with Gasteiger partial charge in [0, 0.05) is 26.2 Å². The number of sulfonamides is 1. The molecule has 0 spiro atoms. The summed E-state index contributed by atoms with van der Waals surface area (Å²) in [6, 6.07) is 6.70. The van der Waals surface area contributed by atoms with Crippen LogP contribution in [0.25, 0.3) is 0 Å². The Morgan fingerprint density at radius 3 is 2.18 bits per heavy atom. The van der Waals surface area contributed by atoms with Crippen molar-refractivity contribution >= 4 is 16.0 Å². The number of carboxylic acid groups (broad SMARTS) is 1. The maximum absolute atomic E-state index is 11.9. The summed E-state index contributed by atoms with van der Waals surface area (Å²) in [5.74, 6) is -0.830. The fourth-order valence-corrected chi connectivity index (χ4v) is 3.77. The molecule has 1 fully saturated rings. The van der Waals surface area contributed by atoms with Crippen LogP contribution >= 0.6 is 0 Å². The zero-order chi connectivity index (χ0) is 16.3. The highest BCUT2D eigenvalue weighted by molar-refractivity contribution is 7.89. The summed E-state index contributed by atoms with van der Waals surface area (Å²) in [5, 5.41) is 9.55. The van der Waals surface area contributed by atoms with Gasteiger partial charge in [0.15, 0.2) is 0 Å². The van der Waals surface area contributed by atoms with E-state index in [1.165, 1.54) is 4.31 Å². The number of nitrogens with zero attached hydrogens (tertiary/aromatic N) is 2. The van der Waals surface area contributed by atoms with Gasteiger partial charge in [-0.3, -0.25) is 9.69 Å². The van der Waals surface area contributed by atoms with Gasteiger partial charge in [0.25, 0.3) is 0 Å². The topological polar surface area (TPSA) is 77.9 Å². The Kier molecular flexibility index (Phi) is 5.20. The molecule has 1 aromatic carbocycles. The first kappa shape index (κ1) is 16.9. The highest BCUT2D eigenvalue weighted by atomic mass is 32.2. The van der Waals surface area contributed by atoms with E-state index < -0.39 is 22.0 Å². The molecule has 1 N–H and O–H groups in total. The third-order valence-electron chi connectivity index (χ3n) is 4.02. The van der Waals surface area contributed by atoms with Crippen LogP contribution in [-0.4, -0.2) is 60.6 Å². The second-order valence-electron chi connectivity index (χ2n) is 5.49. The zero-order valence-electron chi connectivity index (χ0n) is 12.9. The zero-order valence-corrected chi connectivity index (χ0v) is 13.7. The molecule has 1 saturated heterocycles. The Balaban J connectivity index is 2.13. The molecule has 0 radical (unpaired) electrons. The van der Waals surface area contributed by atoms with Crippen LogP contribution in [0.5, 0.6) is 0 Å². The minimum atomic E-state index is -3.20. The highest BCUT2D eigenvalue weighted by Crippen LogP contribution is 2.23. The fraction of sp³-hybridized carbons (Fsp3) is 0.533. The summed E-state index contributed by atoms with van der Waals surface area (Å²) in [4.78, 5) is 13.5. The molecule has 1 unspecified atom stereocenters. The molecule has 0 saturated carbocycles. The minimum Gasteiger partial charge on any atom is -0.480 e. The Morgan fingerprint density at radius 2 is 1.73 bits per heavy atom. The van der Waals surface area contributed by atoms with Crippen LogP contribution in [0.15, 0.2) is 24.3 Å². The third kappa shape index (κ3) is 3.66. The van der Waals surface area contributed by atoms with Crippen LogP contribution in [0.4, 0.5) is 0 Å². The van der Waals surface area contributed by atoms with Crippen molar-refractivity contribution in [3.05, 3.63) is 35.4 Å². The molecular formula is C15H22N2O4S. The minimum absolute atomic E-state index is 0.0767. The first-order valence-corrected chi connectivity index (χ1v) is 8.97. The van der Waals surface area contributed by atoms with Crippen molar-refractivity contribution in [2.24, 2.45) is 0 Å². The van der Waals surface area contributed by atoms with E-state index in [1.54, 1.807) is 6.92 Å². The second kappa shape index (κ2) is 6.76. The van der Waals surface area contributed by atoms with Crippen LogP contribution in [0, 0.1) is 6.92 Å². The standard InChI is InChI=1S/C15H22N2O4S/c1-3-22(20,21)17-10-8-16(9-11-17)14(15(18)19)13-6-4-12(2)5-7-13/h4-7,14H,3,8-11H2,1-2H3,(H,18,19). The summed E-state index contributed by atoms with van der Waals surface area (Å²) in [6.45, 7) is 5.09. The van der Waals surface area contributed by atoms with Gasteiger partial charge in [-0.25, -0.2) is 8.42 Å². The van der Waals surface area contributed by atoms with Gasteiger partial charge in [-0.1, -0.05) is 29.8 Å². The van der Waals surface area contributed by atoms with Crippen LogP contribution in [0.3, 0.4) is 0 Å². The van der Waals surface area contributed by atoms with Gasteiger partial charge in [-0.2, -0.15) is 4.31 Å². The van der Waals surface area contributed by atoms with E-state index in [1.807, 2.05) is 36.1 Å². The Hall–Kier alpha value is -1.44. The van der Waals surface area contributed by atoms with E-state index in [0.29, 0.717) is 26.2 Å². The molecule has 1 aliphatic heterocycles. The van der Waals surface area contributed by atoms with E-state index in [0.717, 1.165) is 11.1 Å². The number of carbonyl (C=O) groups is 1. The van der Waals surface area contributed by atoms with Crippen molar-refractivity contribution < 1.29 is 18.3 Å². The molecule has 122 valence electrons. The lowest BCUT2D eigenvalue weighted by Crippen LogP contribution is -2.51. The van der Waals surface area contributed by atoms with Crippen LogP contribution in [0.2, 0.25) is 0 Å². The molecule has 0 aromatic heterocycles. The average molecular weight is 326 g/mol. The van der Waals surface area contributed by atoms with Gasteiger partial charge in [0.2, 0.25) is 10.0 Å². The number of aryl methyl sites for hydroxylation is 1. The van der Waals surface area contributed by atoms with E-state index in [2.05, 4.69) is 0 Å². The van der Waals surface area contributed by atoms with E-state index in [4.69, 9.17) is 0 Å². The molecule has 7 heteroatoms. The van der Waals surface area contributed by atoms with Crippen molar-refractivity contribution in [3.63, 3.8) is 0 Å². The third-order valence-corrected chi connectivity index (χ3v) is 5.91. The first-order chi connectivity index (χ1) is 10.3. The molecule has 22 heavy (non-hydrogen) atoms. The number of carboxylic acids is 1. The first-order valence-electron chi connectivity index (χ1n) is 7.36. The van der Waals surface area contributed by atoms with Crippen molar-refractivity contribution in [1.29, 1.82) is 0 Å². The maximum Gasteiger partial charge on any atom is 0.325 e. The van der Waals surface area contributed by atoms with E-state index >= 15 is 0 Å². The Bertz CT molecular complexity index is 619. The lowest BCUT2D eigenvalue weighted by Gasteiger charge is -2.37.